The zero-order valence-corrected chi connectivity index (χ0v) is 17.3. The zero-order valence-electron chi connectivity index (χ0n) is 17.3. The molecule has 0 aliphatic carbocycles. The topological polar surface area (TPSA) is 108 Å². The van der Waals surface area contributed by atoms with Crippen molar-refractivity contribution in [3.05, 3.63) is 23.7 Å². The predicted molar refractivity (Wildman–Crippen MR) is 110 cm³/mol. The maximum absolute atomic E-state index is 13.4. The van der Waals surface area contributed by atoms with Crippen LogP contribution in [0.2, 0.25) is 0 Å². The van der Waals surface area contributed by atoms with Gasteiger partial charge in [-0.1, -0.05) is 13.8 Å². The highest BCUT2D eigenvalue weighted by atomic mass is 19.4. The van der Waals surface area contributed by atoms with Crippen molar-refractivity contribution in [2.45, 2.75) is 58.4 Å². The van der Waals surface area contributed by atoms with Gasteiger partial charge in [0.1, 0.15) is 5.56 Å². The molecule has 0 bridgehead atoms. The number of nitrogens with two attached hydrogens (primary N) is 1. The minimum atomic E-state index is -4.64. The van der Waals surface area contributed by atoms with Crippen LogP contribution < -0.4 is 16.4 Å². The number of hydrogen-bond donors (Lipinski definition) is 4. The van der Waals surface area contributed by atoms with E-state index >= 15 is 0 Å². The van der Waals surface area contributed by atoms with Gasteiger partial charge in [-0.3, -0.25) is 4.99 Å². The summed E-state index contributed by atoms with van der Waals surface area (Å²) in [6.45, 7) is 8.74. The van der Waals surface area contributed by atoms with Crippen LogP contribution in [0.1, 0.15) is 51.8 Å². The van der Waals surface area contributed by atoms with Gasteiger partial charge in [0.15, 0.2) is 0 Å². The highest BCUT2D eigenvalue weighted by Gasteiger charge is 2.36. The molecule has 0 aromatic carbocycles. The first-order valence-electron chi connectivity index (χ1n) is 9.66. The monoisotopic (exact) mass is 416 g/mol. The highest BCUT2D eigenvalue weighted by molar-refractivity contribution is 6.09. The zero-order chi connectivity index (χ0) is 22.1. The van der Waals surface area contributed by atoms with Gasteiger partial charge in [-0.2, -0.15) is 13.2 Å². The molecule has 1 fully saturated rings. The maximum Gasteiger partial charge on any atom is 0.419 e. The number of hydrogen-bond acceptors (Lipinski definition) is 7. The van der Waals surface area contributed by atoms with E-state index in [9.17, 15) is 18.3 Å². The predicted octanol–water partition coefficient (Wildman–Crippen LogP) is 2.83. The van der Waals surface area contributed by atoms with E-state index in [1.54, 1.807) is 13.8 Å². The lowest BCUT2D eigenvalue weighted by molar-refractivity contribution is -0.138. The minimum Gasteiger partial charge on any atom is -0.404 e. The second kappa shape index (κ2) is 11.1. The van der Waals surface area contributed by atoms with Crippen LogP contribution in [0.5, 0.6) is 0 Å². The van der Waals surface area contributed by atoms with Crippen LogP contribution in [0.25, 0.3) is 5.57 Å². The second-order valence-corrected chi connectivity index (χ2v) is 7.03. The molecule has 0 radical (unpaired) electrons. The Morgan fingerprint density at radius 1 is 1.34 bits per heavy atom. The molecule has 10 heteroatoms. The SMILES string of the molecule is CC.CC(C)(O)CN=C/C(=C\N)c1nc(NC2CCNCC2)ncc1C(F)(F)F. The summed E-state index contributed by atoms with van der Waals surface area (Å²) in [4.78, 5) is 11.9. The summed E-state index contributed by atoms with van der Waals surface area (Å²) < 4.78 is 40.2. The Bertz CT molecular complexity index is 692. The molecular formula is C19H31F3N6O. The van der Waals surface area contributed by atoms with Crippen molar-refractivity contribution in [2.24, 2.45) is 10.7 Å². The van der Waals surface area contributed by atoms with Crippen LogP contribution in [0.4, 0.5) is 19.1 Å². The van der Waals surface area contributed by atoms with Crippen LogP contribution >= 0.6 is 0 Å². The Morgan fingerprint density at radius 2 is 1.97 bits per heavy atom. The molecule has 0 spiro atoms. The number of nitrogens with zero attached hydrogens (tertiary/aromatic N) is 3. The van der Waals surface area contributed by atoms with Gasteiger partial charge in [0.05, 0.1) is 17.8 Å². The molecule has 2 heterocycles. The molecule has 29 heavy (non-hydrogen) atoms. The number of anilines is 1. The molecular weight excluding hydrogens is 385 g/mol. The Labute approximate surface area is 169 Å². The normalized spacial score (nSPS) is 16.5. The number of alkyl halides is 3. The van der Waals surface area contributed by atoms with Crippen molar-refractivity contribution in [3.63, 3.8) is 0 Å². The van der Waals surface area contributed by atoms with Gasteiger partial charge >= 0.3 is 6.18 Å². The van der Waals surface area contributed by atoms with Crippen LogP contribution in [0.15, 0.2) is 17.4 Å². The number of piperidine rings is 1. The van der Waals surface area contributed by atoms with E-state index in [1.807, 2.05) is 13.8 Å². The number of aromatic nitrogens is 2. The molecule has 0 saturated carbocycles. The molecule has 1 aliphatic rings. The fraction of sp³-hybridized carbons (Fsp3) is 0.632. The molecule has 1 aromatic rings. The van der Waals surface area contributed by atoms with Crippen LogP contribution in [0, 0.1) is 0 Å². The van der Waals surface area contributed by atoms with Crippen molar-refractivity contribution < 1.29 is 18.3 Å². The largest absolute Gasteiger partial charge is 0.419 e. The lowest BCUT2D eigenvalue weighted by Gasteiger charge is -2.24. The van der Waals surface area contributed by atoms with Gasteiger partial charge in [0.2, 0.25) is 5.95 Å². The number of aliphatic imine (C=N–C) groups is 1. The minimum absolute atomic E-state index is 0.00216. The Balaban J connectivity index is 0.00000204. The standard InChI is InChI=1S/C17H25F3N6O.C2H6/c1-16(2,27)10-23-8-11(7-21)14-13(17(18,19)20)9-24-15(26-14)25-12-3-5-22-6-4-12;1-2/h7-9,12,22,27H,3-6,10,21H2,1-2H3,(H,24,25,26);1-2H3/b11-7+,23-8?;. The van der Waals surface area contributed by atoms with E-state index in [0.29, 0.717) is 0 Å². The molecule has 0 unspecified atom stereocenters. The summed E-state index contributed by atoms with van der Waals surface area (Å²) in [6, 6.07) is 0.0880. The lowest BCUT2D eigenvalue weighted by atomic mass is 10.1. The van der Waals surface area contributed by atoms with Gasteiger partial charge in [0, 0.05) is 30.2 Å². The highest BCUT2D eigenvalue weighted by Crippen LogP contribution is 2.33. The summed E-state index contributed by atoms with van der Waals surface area (Å²) in [7, 11) is 0. The van der Waals surface area contributed by atoms with Gasteiger partial charge in [-0.25, -0.2) is 9.97 Å². The molecule has 0 atom stereocenters. The maximum atomic E-state index is 13.4. The van der Waals surface area contributed by atoms with Crippen molar-refractivity contribution in [1.82, 2.24) is 15.3 Å². The summed E-state index contributed by atoms with van der Waals surface area (Å²) in [5.41, 5.74) is 3.10. The molecule has 1 saturated heterocycles. The first-order chi connectivity index (χ1) is 13.6. The summed E-state index contributed by atoms with van der Waals surface area (Å²) in [5, 5.41) is 16.0. The van der Waals surface area contributed by atoms with Crippen LogP contribution in [0.3, 0.4) is 0 Å². The molecule has 164 valence electrons. The first-order valence-corrected chi connectivity index (χ1v) is 9.66. The molecule has 1 aliphatic heterocycles. The van der Waals surface area contributed by atoms with Crippen LogP contribution in [-0.4, -0.2) is 52.6 Å². The number of allylic oxidation sites excluding steroid dienone is 1. The Kier molecular flexibility index (Phi) is 9.51. The quantitative estimate of drug-likeness (QED) is 0.531. The van der Waals surface area contributed by atoms with Gasteiger partial charge < -0.3 is 21.5 Å². The third kappa shape index (κ3) is 8.36. The molecule has 7 nitrogen and oxygen atoms in total. The fourth-order valence-electron chi connectivity index (χ4n) is 2.58. The molecule has 2 rings (SSSR count). The van der Waals surface area contributed by atoms with E-state index in [4.69, 9.17) is 5.73 Å². The van der Waals surface area contributed by atoms with E-state index in [0.717, 1.165) is 38.3 Å². The smallest absolute Gasteiger partial charge is 0.404 e. The molecule has 1 aromatic heterocycles. The van der Waals surface area contributed by atoms with E-state index in [-0.39, 0.29) is 29.8 Å². The van der Waals surface area contributed by atoms with Crippen LogP contribution in [-0.2, 0) is 6.18 Å². The van der Waals surface area contributed by atoms with Crippen molar-refractivity contribution >= 4 is 17.7 Å². The summed E-state index contributed by atoms with van der Waals surface area (Å²) >= 11 is 0. The van der Waals surface area contributed by atoms with Crippen molar-refractivity contribution in [2.75, 3.05) is 25.0 Å². The molecule has 0 amide bonds. The van der Waals surface area contributed by atoms with Crippen molar-refractivity contribution in [1.29, 1.82) is 0 Å². The number of halogens is 3. The van der Waals surface area contributed by atoms with Gasteiger partial charge in [-0.05, 0) is 39.8 Å². The van der Waals surface area contributed by atoms with Gasteiger partial charge in [-0.15, -0.1) is 0 Å². The summed E-state index contributed by atoms with van der Waals surface area (Å²) in [6.07, 6.45) is -0.0394. The third-order valence-electron chi connectivity index (χ3n) is 3.93. The lowest BCUT2D eigenvalue weighted by Crippen LogP contribution is -2.35. The fourth-order valence-corrected chi connectivity index (χ4v) is 2.58. The Morgan fingerprint density at radius 3 is 2.48 bits per heavy atom. The van der Waals surface area contributed by atoms with Gasteiger partial charge in [0.25, 0.3) is 0 Å². The van der Waals surface area contributed by atoms with Crippen molar-refractivity contribution in [3.8, 4) is 0 Å². The number of nitrogens with one attached hydrogen (secondary N) is 2. The number of rotatable bonds is 6. The Hall–Kier alpha value is -2.20. The first kappa shape index (κ1) is 24.8. The van der Waals surface area contributed by atoms with E-state index < -0.39 is 17.3 Å². The van der Waals surface area contributed by atoms with E-state index in [1.165, 1.54) is 6.21 Å². The molecule has 5 N–H and O–H groups in total. The average Bonchev–Trinajstić information content (AvgIpc) is 2.66. The number of aliphatic hydroxyl groups is 1. The second-order valence-electron chi connectivity index (χ2n) is 7.03. The average molecular weight is 416 g/mol. The third-order valence-corrected chi connectivity index (χ3v) is 3.93. The van der Waals surface area contributed by atoms with E-state index in [2.05, 4.69) is 25.6 Å². The summed E-state index contributed by atoms with van der Waals surface area (Å²) in [5.74, 6) is 0.111.